The lowest BCUT2D eigenvalue weighted by atomic mass is 10.3. The molecule has 0 fully saturated rings. The molecule has 0 unspecified atom stereocenters. The molecule has 94 valence electrons. The van der Waals surface area contributed by atoms with Crippen LogP contribution in [0.2, 0.25) is 0 Å². The normalized spacial score (nSPS) is 10.2. The molecule has 0 aliphatic rings. The molecule has 1 aromatic carbocycles. The van der Waals surface area contributed by atoms with Gasteiger partial charge in [-0.3, -0.25) is 0 Å². The average molecular weight is 373 g/mol. The number of hydrogen-bond donors (Lipinski definition) is 2. The fourth-order valence-corrected chi connectivity index (χ4v) is 2.60. The van der Waals surface area contributed by atoms with Gasteiger partial charge in [0.15, 0.2) is 0 Å². The van der Waals surface area contributed by atoms with Gasteiger partial charge in [-0.2, -0.15) is 0 Å². The minimum absolute atomic E-state index is 0.444. The lowest BCUT2D eigenvalue weighted by molar-refractivity contribution is 0.302. The van der Waals surface area contributed by atoms with Gasteiger partial charge in [0.1, 0.15) is 18.2 Å². The van der Waals surface area contributed by atoms with E-state index < -0.39 is 0 Å². The third-order valence-electron chi connectivity index (χ3n) is 2.27. The molecule has 0 saturated carbocycles. The molecule has 2 rings (SSSR count). The molecule has 3 N–H and O–H groups in total. The van der Waals surface area contributed by atoms with E-state index in [1.807, 2.05) is 24.3 Å². The molecule has 0 atom stereocenters. The van der Waals surface area contributed by atoms with Crippen LogP contribution in [-0.2, 0) is 6.61 Å². The molecule has 0 amide bonds. The van der Waals surface area contributed by atoms with Crippen molar-refractivity contribution in [3.05, 3.63) is 51.0 Å². The first-order valence-electron chi connectivity index (χ1n) is 5.19. The Labute approximate surface area is 122 Å². The number of ether oxygens (including phenoxy) is 1. The molecule has 1 heterocycles. The number of pyridine rings is 1. The molecule has 4 nitrogen and oxygen atoms in total. The first kappa shape index (κ1) is 13.3. The average Bonchev–Trinajstić information content (AvgIpc) is 2.39. The molecule has 0 saturated heterocycles. The predicted molar refractivity (Wildman–Crippen MR) is 78.2 cm³/mol. The van der Waals surface area contributed by atoms with Crippen LogP contribution in [0.3, 0.4) is 0 Å². The molecule has 6 heteroatoms. The summed E-state index contributed by atoms with van der Waals surface area (Å²) in [5.74, 6) is 6.65. The number of nitrogens with one attached hydrogen (secondary N) is 1. The molecular formula is C12H11Br2N3O. The second-order valence-corrected chi connectivity index (χ2v) is 5.24. The van der Waals surface area contributed by atoms with Gasteiger partial charge < -0.3 is 10.2 Å². The number of rotatable bonds is 4. The Bertz CT molecular complexity index is 511. The molecule has 18 heavy (non-hydrogen) atoms. The molecule has 2 aromatic rings. The summed E-state index contributed by atoms with van der Waals surface area (Å²) in [6.45, 7) is 0.444. The zero-order valence-electron chi connectivity index (χ0n) is 9.36. The number of nitrogens with zero attached hydrogens (tertiary/aromatic N) is 1. The number of hydrazine groups is 1. The summed E-state index contributed by atoms with van der Waals surface area (Å²) < 4.78 is 7.56. The van der Waals surface area contributed by atoms with Crippen LogP contribution in [0, 0.1) is 0 Å². The fraction of sp³-hybridized carbons (Fsp3) is 0.0833. The van der Waals surface area contributed by atoms with E-state index in [0.29, 0.717) is 12.4 Å². The van der Waals surface area contributed by atoms with Gasteiger partial charge in [-0.05, 0) is 50.1 Å². The minimum atomic E-state index is 0.444. The Kier molecular flexibility index (Phi) is 4.57. The second-order valence-electron chi connectivity index (χ2n) is 3.54. The number of halogens is 2. The number of hydrogen-bond acceptors (Lipinski definition) is 4. The van der Waals surface area contributed by atoms with Crippen molar-refractivity contribution in [3.8, 4) is 5.75 Å². The summed E-state index contributed by atoms with van der Waals surface area (Å²) in [4.78, 5) is 4.11. The van der Waals surface area contributed by atoms with Gasteiger partial charge in [-0.25, -0.2) is 10.8 Å². The van der Waals surface area contributed by atoms with Crippen LogP contribution in [0.1, 0.15) is 5.56 Å². The van der Waals surface area contributed by atoms with Crippen LogP contribution in [0.25, 0.3) is 0 Å². The van der Waals surface area contributed by atoms with E-state index in [4.69, 9.17) is 10.6 Å². The van der Waals surface area contributed by atoms with Gasteiger partial charge >= 0.3 is 0 Å². The van der Waals surface area contributed by atoms with Gasteiger partial charge in [-0.15, -0.1) is 0 Å². The highest BCUT2D eigenvalue weighted by Gasteiger charge is 2.06. The highest BCUT2D eigenvalue weighted by Crippen LogP contribution is 2.33. The number of para-hydroxylation sites is 1. The number of aromatic nitrogens is 1. The van der Waals surface area contributed by atoms with Crippen LogP contribution in [-0.4, -0.2) is 4.98 Å². The van der Waals surface area contributed by atoms with Crippen molar-refractivity contribution < 1.29 is 4.74 Å². The molecule has 1 aromatic heterocycles. The summed E-state index contributed by atoms with van der Waals surface area (Å²) in [6.07, 6.45) is 1.72. The topological polar surface area (TPSA) is 60.2 Å². The largest absolute Gasteiger partial charge is 0.486 e. The van der Waals surface area contributed by atoms with Crippen molar-refractivity contribution in [2.45, 2.75) is 6.61 Å². The second kappa shape index (κ2) is 6.17. The van der Waals surface area contributed by atoms with Crippen molar-refractivity contribution in [2.24, 2.45) is 5.84 Å². The van der Waals surface area contributed by atoms with Crippen molar-refractivity contribution in [1.29, 1.82) is 0 Å². The lowest BCUT2D eigenvalue weighted by Gasteiger charge is -2.10. The summed E-state index contributed by atoms with van der Waals surface area (Å²) >= 11 is 6.89. The van der Waals surface area contributed by atoms with Crippen molar-refractivity contribution >= 4 is 37.7 Å². The first-order valence-corrected chi connectivity index (χ1v) is 6.77. The van der Waals surface area contributed by atoms with Gasteiger partial charge in [0.05, 0.1) is 8.95 Å². The van der Waals surface area contributed by atoms with Crippen molar-refractivity contribution in [3.63, 3.8) is 0 Å². The maximum atomic E-state index is 5.74. The molecule has 0 radical (unpaired) electrons. The van der Waals surface area contributed by atoms with Crippen LogP contribution < -0.4 is 16.0 Å². The Morgan fingerprint density at radius 2 is 1.89 bits per heavy atom. The predicted octanol–water partition coefficient (Wildman–Crippen LogP) is 3.47. The Balaban J connectivity index is 2.06. The number of nitrogens with two attached hydrogens (primary N) is 1. The van der Waals surface area contributed by atoms with E-state index in [2.05, 4.69) is 42.3 Å². The summed E-state index contributed by atoms with van der Waals surface area (Å²) in [5, 5.41) is 0. The van der Waals surface area contributed by atoms with Crippen molar-refractivity contribution in [1.82, 2.24) is 4.98 Å². The SMILES string of the molecule is NNc1ccc(COc2c(Br)cccc2Br)cn1. The standard InChI is InChI=1S/C12H11Br2N3O/c13-9-2-1-3-10(14)12(9)18-7-8-4-5-11(17-15)16-6-8/h1-6H,7,15H2,(H,16,17). The fourth-order valence-electron chi connectivity index (χ4n) is 1.37. The van der Waals surface area contributed by atoms with Crippen molar-refractivity contribution in [2.75, 3.05) is 5.43 Å². The van der Waals surface area contributed by atoms with E-state index >= 15 is 0 Å². The zero-order valence-corrected chi connectivity index (χ0v) is 12.5. The van der Waals surface area contributed by atoms with Crippen LogP contribution in [0.15, 0.2) is 45.5 Å². The van der Waals surface area contributed by atoms with Crippen LogP contribution in [0.5, 0.6) is 5.75 Å². The molecule has 0 spiro atoms. The number of anilines is 1. The minimum Gasteiger partial charge on any atom is -0.486 e. The highest BCUT2D eigenvalue weighted by molar-refractivity contribution is 9.11. The molecule has 0 aliphatic heterocycles. The van der Waals surface area contributed by atoms with Gasteiger partial charge in [0, 0.05) is 11.8 Å². The number of nitrogen functional groups attached to an aromatic ring is 1. The molecule has 0 aliphatic carbocycles. The van der Waals surface area contributed by atoms with Gasteiger partial charge in [0.25, 0.3) is 0 Å². The van der Waals surface area contributed by atoms with Crippen LogP contribution >= 0.6 is 31.9 Å². The Morgan fingerprint density at radius 3 is 2.44 bits per heavy atom. The monoisotopic (exact) mass is 371 g/mol. The zero-order chi connectivity index (χ0) is 13.0. The van der Waals surface area contributed by atoms with Crippen LogP contribution in [0.4, 0.5) is 5.82 Å². The Hall–Kier alpha value is -1.11. The Morgan fingerprint density at radius 1 is 1.17 bits per heavy atom. The van der Waals surface area contributed by atoms with E-state index in [9.17, 15) is 0 Å². The molecular weight excluding hydrogens is 362 g/mol. The van der Waals surface area contributed by atoms with E-state index in [0.717, 1.165) is 20.3 Å². The molecule has 0 bridgehead atoms. The van der Waals surface area contributed by atoms with E-state index in [-0.39, 0.29) is 0 Å². The quantitative estimate of drug-likeness (QED) is 0.637. The third kappa shape index (κ3) is 3.22. The third-order valence-corrected chi connectivity index (χ3v) is 3.52. The van der Waals surface area contributed by atoms with E-state index in [1.54, 1.807) is 12.3 Å². The first-order chi connectivity index (χ1) is 8.70. The summed E-state index contributed by atoms with van der Waals surface area (Å²) in [5.41, 5.74) is 3.45. The van der Waals surface area contributed by atoms with Gasteiger partial charge in [0.2, 0.25) is 0 Å². The van der Waals surface area contributed by atoms with Gasteiger partial charge in [-0.1, -0.05) is 12.1 Å². The summed E-state index contributed by atoms with van der Waals surface area (Å²) in [7, 11) is 0. The summed E-state index contributed by atoms with van der Waals surface area (Å²) in [6, 6.07) is 9.50. The maximum Gasteiger partial charge on any atom is 0.148 e. The highest BCUT2D eigenvalue weighted by atomic mass is 79.9. The smallest absolute Gasteiger partial charge is 0.148 e. The maximum absolute atomic E-state index is 5.74. The van der Waals surface area contributed by atoms with E-state index in [1.165, 1.54) is 0 Å². The lowest BCUT2D eigenvalue weighted by Crippen LogP contribution is -2.08. The number of benzene rings is 1.